The quantitative estimate of drug-likeness (QED) is 0.351. The van der Waals surface area contributed by atoms with Crippen LogP contribution in [0.5, 0.6) is 0 Å². The van der Waals surface area contributed by atoms with E-state index in [0.29, 0.717) is 0 Å². The summed E-state index contributed by atoms with van der Waals surface area (Å²) in [6.45, 7) is 1.46. The number of benzene rings is 2. The second-order valence-corrected chi connectivity index (χ2v) is 10.6. The Morgan fingerprint density at radius 2 is 1.61 bits per heavy atom. The molecule has 11 heteroatoms. The van der Waals surface area contributed by atoms with Crippen molar-refractivity contribution in [3.05, 3.63) is 57.8 Å². The minimum atomic E-state index is -3.92. The molecule has 2 aromatic rings. The summed E-state index contributed by atoms with van der Waals surface area (Å²) in [7, 11) is -6.33. The number of hydrogen-bond acceptors (Lipinski definition) is 6. The molecule has 0 N–H and O–H groups in total. The zero-order valence-electron chi connectivity index (χ0n) is 14.8. The van der Waals surface area contributed by atoms with Crippen molar-refractivity contribution in [3.63, 3.8) is 0 Å². The van der Waals surface area contributed by atoms with Gasteiger partial charge in [-0.25, -0.2) is 21.2 Å². The van der Waals surface area contributed by atoms with E-state index < -0.39 is 31.2 Å². The summed E-state index contributed by atoms with van der Waals surface area (Å²) >= 11 is 12.3. The molecule has 0 unspecified atom stereocenters. The zero-order chi connectivity index (χ0) is 21.1. The van der Waals surface area contributed by atoms with Crippen molar-refractivity contribution in [2.24, 2.45) is 5.16 Å². The van der Waals surface area contributed by atoms with Gasteiger partial charge in [-0.15, -0.1) is 0 Å². The zero-order valence-corrected chi connectivity index (χ0v) is 18.0. The van der Waals surface area contributed by atoms with E-state index in [9.17, 15) is 21.2 Å². The summed E-state index contributed by atoms with van der Waals surface area (Å²) in [5, 5.41) is 3.31. The van der Waals surface area contributed by atoms with Gasteiger partial charge in [-0.2, -0.15) is 0 Å². The molecular formula is C17H16Cl2FNO5S2. The summed E-state index contributed by atoms with van der Waals surface area (Å²) in [6.07, 6.45) is 0. The highest BCUT2D eigenvalue weighted by Gasteiger charge is 2.25. The summed E-state index contributed by atoms with van der Waals surface area (Å²) in [4.78, 5) is 4.43. The van der Waals surface area contributed by atoms with Gasteiger partial charge in [0.15, 0.2) is 19.7 Å². The maximum absolute atomic E-state index is 13.1. The van der Waals surface area contributed by atoms with Crippen LogP contribution >= 0.6 is 23.2 Å². The van der Waals surface area contributed by atoms with Gasteiger partial charge in [-0.1, -0.05) is 41.3 Å². The van der Waals surface area contributed by atoms with Crippen LogP contribution in [0.2, 0.25) is 10.0 Å². The van der Waals surface area contributed by atoms with E-state index in [4.69, 9.17) is 28.0 Å². The van der Waals surface area contributed by atoms with Gasteiger partial charge in [0.2, 0.25) is 0 Å². The van der Waals surface area contributed by atoms with E-state index in [2.05, 4.69) is 5.16 Å². The lowest BCUT2D eigenvalue weighted by molar-refractivity contribution is 0.213. The largest absolute Gasteiger partial charge is 0.399 e. The molecule has 0 amide bonds. The minimum Gasteiger partial charge on any atom is -0.399 e. The van der Waals surface area contributed by atoms with Gasteiger partial charge in [0, 0.05) is 5.56 Å². The average molecular weight is 468 g/mol. The molecule has 0 bridgehead atoms. The third-order valence-corrected chi connectivity index (χ3v) is 8.18. The van der Waals surface area contributed by atoms with Crippen molar-refractivity contribution < 1.29 is 26.1 Å². The van der Waals surface area contributed by atoms with Crippen LogP contribution in [0.1, 0.15) is 12.5 Å². The molecule has 6 nitrogen and oxygen atoms in total. The van der Waals surface area contributed by atoms with Gasteiger partial charge < -0.3 is 4.84 Å². The molecule has 0 atom stereocenters. The molecule has 2 rings (SSSR count). The minimum absolute atomic E-state index is 0.0841. The first-order chi connectivity index (χ1) is 13.0. The Bertz CT molecular complexity index is 1110. The summed E-state index contributed by atoms with van der Waals surface area (Å²) in [5.41, 5.74) is 0.0217. The van der Waals surface area contributed by atoms with Crippen molar-refractivity contribution in [2.75, 3.05) is 18.6 Å². The Hall–Kier alpha value is -1.68. The maximum Gasteiger partial charge on any atom is 0.184 e. The number of sulfone groups is 2. The van der Waals surface area contributed by atoms with Gasteiger partial charge in [0.05, 0.1) is 25.6 Å². The normalized spacial score (nSPS) is 12.8. The lowest BCUT2D eigenvalue weighted by Crippen LogP contribution is -2.19. The molecule has 0 aliphatic carbocycles. The molecule has 28 heavy (non-hydrogen) atoms. The molecule has 0 saturated heterocycles. The van der Waals surface area contributed by atoms with Crippen molar-refractivity contribution >= 4 is 48.6 Å². The first-order valence-corrected chi connectivity index (χ1v) is 11.9. The van der Waals surface area contributed by atoms with E-state index in [1.165, 1.54) is 26.2 Å². The molecular weight excluding hydrogens is 452 g/mol. The van der Waals surface area contributed by atoms with E-state index >= 15 is 0 Å². The maximum atomic E-state index is 13.1. The SMILES string of the molecule is CCS(=O)(=O)c1ccc(C(CS(=O)(=O)c2ccc(F)cc2)=NOC)c(Cl)c1Cl. The van der Waals surface area contributed by atoms with E-state index in [0.717, 1.165) is 24.3 Å². The molecule has 0 fully saturated rings. The molecule has 152 valence electrons. The van der Waals surface area contributed by atoms with Crippen molar-refractivity contribution in [1.82, 2.24) is 0 Å². The van der Waals surface area contributed by atoms with Crippen LogP contribution in [0, 0.1) is 5.82 Å². The number of halogens is 3. The van der Waals surface area contributed by atoms with Crippen LogP contribution in [0.25, 0.3) is 0 Å². The second-order valence-electron chi connectivity index (χ2n) is 5.58. The van der Waals surface area contributed by atoms with E-state index in [1.807, 2.05) is 0 Å². The molecule has 0 spiro atoms. The van der Waals surface area contributed by atoms with Gasteiger partial charge in [0.1, 0.15) is 24.4 Å². The Morgan fingerprint density at radius 1 is 1.00 bits per heavy atom. The Balaban J connectivity index is 2.52. The van der Waals surface area contributed by atoms with E-state index in [-0.39, 0.29) is 36.9 Å². The number of nitrogens with zero attached hydrogens (tertiary/aromatic N) is 1. The number of rotatable bonds is 7. The first kappa shape index (κ1) is 22.6. The highest BCUT2D eigenvalue weighted by Crippen LogP contribution is 2.33. The molecule has 0 aromatic heterocycles. The lowest BCUT2D eigenvalue weighted by atomic mass is 10.1. The lowest BCUT2D eigenvalue weighted by Gasteiger charge is -2.13. The van der Waals surface area contributed by atoms with Crippen molar-refractivity contribution in [3.8, 4) is 0 Å². The van der Waals surface area contributed by atoms with Crippen molar-refractivity contribution in [2.45, 2.75) is 16.7 Å². The molecule has 0 aliphatic heterocycles. The topological polar surface area (TPSA) is 89.9 Å². The molecule has 2 aromatic carbocycles. The predicted octanol–water partition coefficient (Wildman–Crippen LogP) is 3.75. The van der Waals surface area contributed by atoms with Crippen LogP contribution in [0.3, 0.4) is 0 Å². The summed E-state index contributed by atoms with van der Waals surface area (Å²) in [5.74, 6) is -1.38. The summed E-state index contributed by atoms with van der Waals surface area (Å²) in [6, 6.07) is 6.84. The third kappa shape index (κ3) is 4.83. The fraction of sp³-hybridized carbons (Fsp3) is 0.235. The molecule has 0 aliphatic rings. The fourth-order valence-electron chi connectivity index (χ4n) is 2.32. The van der Waals surface area contributed by atoms with Gasteiger partial charge in [-0.05, 0) is 30.3 Å². The monoisotopic (exact) mass is 467 g/mol. The molecule has 0 heterocycles. The molecule has 0 radical (unpaired) electrons. The van der Waals surface area contributed by atoms with Crippen LogP contribution in [0.4, 0.5) is 4.39 Å². The Morgan fingerprint density at radius 3 is 2.14 bits per heavy atom. The average Bonchev–Trinajstić information content (AvgIpc) is 2.63. The van der Waals surface area contributed by atoms with Crippen molar-refractivity contribution in [1.29, 1.82) is 0 Å². The predicted molar refractivity (Wildman–Crippen MR) is 106 cm³/mol. The number of hydrogen-bond donors (Lipinski definition) is 0. The van der Waals surface area contributed by atoms with E-state index in [1.54, 1.807) is 0 Å². The standard InChI is InChI=1S/C17H16Cl2FNO5S2/c1-3-27(22,23)15-9-8-13(16(18)17(15)19)14(21-26-2)10-28(24,25)12-6-4-11(20)5-7-12/h4-9H,3,10H2,1-2H3. The Kier molecular flexibility index (Phi) is 7.08. The second kappa shape index (κ2) is 8.77. The smallest absolute Gasteiger partial charge is 0.184 e. The van der Waals surface area contributed by atoms with Crippen LogP contribution < -0.4 is 0 Å². The third-order valence-electron chi connectivity index (χ3n) is 3.77. The summed E-state index contributed by atoms with van der Waals surface area (Å²) < 4.78 is 62.5. The Labute approximate surface area is 172 Å². The van der Waals surface area contributed by atoms with Crippen LogP contribution in [0.15, 0.2) is 51.3 Å². The highest BCUT2D eigenvalue weighted by atomic mass is 35.5. The van der Waals surface area contributed by atoms with Crippen LogP contribution in [-0.2, 0) is 24.5 Å². The highest BCUT2D eigenvalue weighted by molar-refractivity contribution is 7.92. The first-order valence-electron chi connectivity index (χ1n) is 7.83. The van der Waals surface area contributed by atoms with Gasteiger partial charge >= 0.3 is 0 Å². The molecule has 0 saturated carbocycles. The fourth-order valence-corrected chi connectivity index (χ4v) is 5.41. The van der Waals surface area contributed by atoms with Gasteiger partial charge in [-0.3, -0.25) is 0 Å². The van der Waals surface area contributed by atoms with Crippen LogP contribution in [-0.4, -0.2) is 41.2 Å². The number of oxime groups is 1. The van der Waals surface area contributed by atoms with Gasteiger partial charge in [0.25, 0.3) is 0 Å².